The van der Waals surface area contributed by atoms with Crippen LogP contribution in [0.15, 0.2) is 71.9 Å². The Morgan fingerprint density at radius 3 is 2.12 bits per heavy atom. The molecular formula is C17H17N5O2S2. The van der Waals surface area contributed by atoms with Gasteiger partial charge in [0.25, 0.3) is 0 Å². The smallest absolute Gasteiger partial charge is 0.238 e. The predicted molar refractivity (Wildman–Crippen MR) is 105 cm³/mol. The van der Waals surface area contributed by atoms with Crippen LogP contribution in [-0.2, 0) is 16.6 Å². The first-order valence-electron chi connectivity index (χ1n) is 7.67. The fourth-order valence-corrected chi connectivity index (χ4v) is 3.05. The molecule has 0 atom stereocenters. The summed E-state index contributed by atoms with van der Waals surface area (Å²) in [5, 5.41) is 15.7. The highest BCUT2D eigenvalue weighted by molar-refractivity contribution is 7.89. The summed E-state index contributed by atoms with van der Waals surface area (Å²) in [7, 11) is -3.70. The summed E-state index contributed by atoms with van der Waals surface area (Å²) in [5.74, 6) is 0. The van der Waals surface area contributed by atoms with Crippen molar-refractivity contribution in [3.63, 3.8) is 0 Å². The number of primary sulfonamides is 1. The van der Waals surface area contributed by atoms with Gasteiger partial charge < -0.3 is 10.6 Å². The largest absolute Gasteiger partial charge is 0.332 e. The van der Waals surface area contributed by atoms with E-state index in [0.717, 1.165) is 11.3 Å². The van der Waals surface area contributed by atoms with E-state index in [1.165, 1.54) is 12.1 Å². The molecule has 3 rings (SSSR count). The van der Waals surface area contributed by atoms with Gasteiger partial charge in [0, 0.05) is 23.8 Å². The first kappa shape index (κ1) is 18.1. The van der Waals surface area contributed by atoms with Crippen molar-refractivity contribution in [2.75, 3.05) is 10.6 Å². The minimum absolute atomic E-state index is 0.0506. The summed E-state index contributed by atoms with van der Waals surface area (Å²) in [4.78, 5) is 0.0506. The fraction of sp³-hybridized carbons (Fsp3) is 0.0588. The molecule has 134 valence electrons. The SMILES string of the molecule is NS(=O)(=O)c1ccc(NC(=S)Nc2ccc(Cn3cccn3)cc2)cc1. The Morgan fingerprint density at radius 1 is 1.04 bits per heavy atom. The molecule has 2 aromatic carbocycles. The second kappa shape index (κ2) is 7.65. The quantitative estimate of drug-likeness (QED) is 0.581. The molecule has 0 aliphatic heterocycles. The lowest BCUT2D eigenvalue weighted by Crippen LogP contribution is -2.19. The topological polar surface area (TPSA) is 102 Å². The van der Waals surface area contributed by atoms with E-state index >= 15 is 0 Å². The summed E-state index contributed by atoms with van der Waals surface area (Å²) < 4.78 is 24.3. The zero-order valence-corrected chi connectivity index (χ0v) is 15.3. The third kappa shape index (κ3) is 4.88. The van der Waals surface area contributed by atoms with E-state index in [0.29, 0.717) is 17.3 Å². The first-order valence-corrected chi connectivity index (χ1v) is 9.63. The van der Waals surface area contributed by atoms with Gasteiger partial charge in [-0.05, 0) is 60.2 Å². The zero-order valence-electron chi connectivity index (χ0n) is 13.7. The molecule has 0 bridgehead atoms. The highest BCUT2D eigenvalue weighted by Gasteiger charge is 2.07. The van der Waals surface area contributed by atoms with Gasteiger partial charge in [0.15, 0.2) is 5.11 Å². The van der Waals surface area contributed by atoms with Crippen LogP contribution in [0.3, 0.4) is 0 Å². The molecule has 0 fully saturated rings. The first-order chi connectivity index (χ1) is 12.4. The minimum Gasteiger partial charge on any atom is -0.332 e. The van der Waals surface area contributed by atoms with E-state index in [-0.39, 0.29) is 4.90 Å². The molecule has 0 aliphatic rings. The molecule has 7 nitrogen and oxygen atoms in total. The second-order valence-electron chi connectivity index (χ2n) is 5.55. The summed E-state index contributed by atoms with van der Waals surface area (Å²) in [6.45, 7) is 0.701. The Labute approximate surface area is 156 Å². The van der Waals surface area contributed by atoms with Crippen molar-refractivity contribution in [3.8, 4) is 0 Å². The molecule has 0 spiro atoms. The number of hydrogen-bond acceptors (Lipinski definition) is 4. The third-order valence-corrected chi connectivity index (χ3v) is 4.69. The zero-order chi connectivity index (χ0) is 18.6. The van der Waals surface area contributed by atoms with Crippen LogP contribution in [0.2, 0.25) is 0 Å². The molecule has 0 radical (unpaired) electrons. The van der Waals surface area contributed by atoms with Crippen molar-refractivity contribution >= 4 is 38.7 Å². The highest BCUT2D eigenvalue weighted by Crippen LogP contribution is 2.14. The highest BCUT2D eigenvalue weighted by atomic mass is 32.2. The number of anilines is 2. The van der Waals surface area contributed by atoms with Crippen molar-refractivity contribution in [1.82, 2.24) is 9.78 Å². The van der Waals surface area contributed by atoms with E-state index in [4.69, 9.17) is 17.4 Å². The molecule has 4 N–H and O–H groups in total. The monoisotopic (exact) mass is 387 g/mol. The van der Waals surface area contributed by atoms with Crippen LogP contribution >= 0.6 is 12.2 Å². The van der Waals surface area contributed by atoms with Gasteiger partial charge >= 0.3 is 0 Å². The van der Waals surface area contributed by atoms with Crippen LogP contribution in [0.1, 0.15) is 5.56 Å². The Bertz CT molecular complexity index is 983. The van der Waals surface area contributed by atoms with E-state index < -0.39 is 10.0 Å². The molecule has 3 aromatic rings. The van der Waals surface area contributed by atoms with Gasteiger partial charge in [-0.1, -0.05) is 12.1 Å². The number of aromatic nitrogens is 2. The van der Waals surface area contributed by atoms with Crippen molar-refractivity contribution < 1.29 is 8.42 Å². The molecule has 9 heteroatoms. The summed E-state index contributed by atoms with van der Waals surface area (Å²) >= 11 is 5.27. The molecule has 0 saturated carbocycles. The normalized spacial score (nSPS) is 11.1. The molecule has 1 aromatic heterocycles. The number of hydrogen-bond donors (Lipinski definition) is 3. The maximum absolute atomic E-state index is 11.2. The van der Waals surface area contributed by atoms with Gasteiger partial charge in [-0.15, -0.1) is 0 Å². The Hall–Kier alpha value is -2.75. The predicted octanol–water partition coefficient (Wildman–Crippen LogP) is 2.39. The molecule has 0 saturated heterocycles. The van der Waals surface area contributed by atoms with Gasteiger partial charge in [-0.25, -0.2) is 13.6 Å². The summed E-state index contributed by atoms with van der Waals surface area (Å²) in [5.41, 5.74) is 2.62. The van der Waals surface area contributed by atoms with Crippen molar-refractivity contribution in [3.05, 3.63) is 72.6 Å². The molecular weight excluding hydrogens is 370 g/mol. The van der Waals surface area contributed by atoms with Crippen LogP contribution in [0.4, 0.5) is 11.4 Å². The van der Waals surface area contributed by atoms with E-state index in [1.807, 2.05) is 41.2 Å². The van der Waals surface area contributed by atoms with Gasteiger partial charge in [0.1, 0.15) is 0 Å². The van der Waals surface area contributed by atoms with E-state index in [9.17, 15) is 8.42 Å². The van der Waals surface area contributed by atoms with Gasteiger partial charge in [-0.2, -0.15) is 5.10 Å². The van der Waals surface area contributed by atoms with Crippen LogP contribution in [-0.4, -0.2) is 23.3 Å². The third-order valence-electron chi connectivity index (χ3n) is 3.56. The lowest BCUT2D eigenvalue weighted by atomic mass is 10.2. The summed E-state index contributed by atoms with van der Waals surface area (Å²) in [6, 6.07) is 15.8. The van der Waals surface area contributed by atoms with Crippen molar-refractivity contribution in [2.45, 2.75) is 11.4 Å². The van der Waals surface area contributed by atoms with E-state index in [2.05, 4.69) is 15.7 Å². The van der Waals surface area contributed by atoms with Crippen molar-refractivity contribution in [2.24, 2.45) is 5.14 Å². The number of sulfonamides is 1. The van der Waals surface area contributed by atoms with Gasteiger partial charge in [0.05, 0.1) is 11.4 Å². The lowest BCUT2D eigenvalue weighted by molar-refractivity contribution is 0.598. The molecule has 0 amide bonds. The number of thiocarbonyl (C=S) groups is 1. The molecule has 26 heavy (non-hydrogen) atoms. The Morgan fingerprint density at radius 2 is 1.62 bits per heavy atom. The van der Waals surface area contributed by atoms with Gasteiger partial charge in [-0.3, -0.25) is 4.68 Å². The number of rotatable bonds is 5. The van der Waals surface area contributed by atoms with Crippen LogP contribution in [0.25, 0.3) is 0 Å². The lowest BCUT2D eigenvalue weighted by Gasteiger charge is -2.11. The number of nitrogens with zero attached hydrogens (tertiary/aromatic N) is 2. The van der Waals surface area contributed by atoms with Crippen molar-refractivity contribution in [1.29, 1.82) is 0 Å². The fourth-order valence-electron chi connectivity index (χ4n) is 2.30. The average Bonchev–Trinajstić information content (AvgIpc) is 3.09. The number of benzene rings is 2. The average molecular weight is 387 g/mol. The number of nitrogens with one attached hydrogen (secondary N) is 2. The Kier molecular flexibility index (Phi) is 5.31. The molecule has 0 unspecified atom stereocenters. The minimum atomic E-state index is -3.70. The maximum atomic E-state index is 11.2. The molecule has 0 aliphatic carbocycles. The number of nitrogens with two attached hydrogens (primary N) is 1. The van der Waals surface area contributed by atoms with Gasteiger partial charge in [0.2, 0.25) is 10.0 Å². The maximum Gasteiger partial charge on any atom is 0.238 e. The van der Waals surface area contributed by atoms with E-state index in [1.54, 1.807) is 18.3 Å². The summed E-state index contributed by atoms with van der Waals surface area (Å²) in [6.07, 6.45) is 3.65. The Balaban J connectivity index is 1.57. The van der Waals surface area contributed by atoms with Crippen LogP contribution in [0.5, 0.6) is 0 Å². The van der Waals surface area contributed by atoms with Crippen LogP contribution in [0, 0.1) is 0 Å². The second-order valence-corrected chi connectivity index (χ2v) is 7.52. The van der Waals surface area contributed by atoms with Crippen LogP contribution < -0.4 is 15.8 Å². The molecule has 1 heterocycles. The standard InChI is InChI=1S/C17H17N5O2S2/c18-26(23,24)16-8-6-15(7-9-16)21-17(25)20-14-4-2-13(3-5-14)12-22-11-1-10-19-22/h1-11H,12H2,(H2,18,23,24)(H2,20,21,25).